The lowest BCUT2D eigenvalue weighted by molar-refractivity contribution is -0.295. The van der Waals surface area contributed by atoms with Gasteiger partial charge in [0.15, 0.2) is 5.79 Å². The number of rotatable bonds is 0. The number of fused-ring (bicyclic) bond motifs is 5. The Balaban J connectivity index is 1.37. The molecule has 4 aliphatic carbocycles. The minimum Gasteiger partial charge on any atom is -0.393 e. The highest BCUT2D eigenvalue weighted by Crippen LogP contribution is 2.76. The summed E-state index contributed by atoms with van der Waals surface area (Å²) in [6.45, 7) is 7.40. The highest BCUT2D eigenvalue weighted by atomic mass is 16.7. The summed E-state index contributed by atoms with van der Waals surface area (Å²) in [6, 6.07) is -0.130. The van der Waals surface area contributed by atoms with Crippen molar-refractivity contribution >= 4 is 0 Å². The van der Waals surface area contributed by atoms with Crippen LogP contribution in [-0.2, 0) is 4.74 Å². The van der Waals surface area contributed by atoms with Crippen molar-refractivity contribution in [2.24, 2.45) is 40.9 Å². The van der Waals surface area contributed by atoms with E-state index in [1.807, 2.05) is 6.92 Å². The largest absolute Gasteiger partial charge is 0.393 e. The summed E-state index contributed by atoms with van der Waals surface area (Å²) in [5, 5.41) is 81.4. The fourth-order valence-electron chi connectivity index (χ4n) is 11.4. The molecule has 7 aliphatic rings. The second-order valence-electron chi connectivity index (χ2n) is 14.2. The van der Waals surface area contributed by atoms with E-state index in [1.54, 1.807) is 6.92 Å². The van der Waals surface area contributed by atoms with Crippen molar-refractivity contribution in [1.29, 1.82) is 0 Å². The Bertz CT molecular complexity index is 964. The Hall–Kier alpha value is -0.360. The molecule has 36 heavy (non-hydrogen) atoms. The maximum absolute atomic E-state index is 12.5. The van der Waals surface area contributed by atoms with Gasteiger partial charge in [0.1, 0.15) is 17.8 Å². The average Bonchev–Trinajstić information content (AvgIpc) is 3.08. The van der Waals surface area contributed by atoms with Crippen LogP contribution < -0.4 is 0 Å². The van der Waals surface area contributed by atoms with Crippen LogP contribution in [0.4, 0.5) is 0 Å². The van der Waals surface area contributed by atoms with Crippen molar-refractivity contribution < 1.29 is 40.5 Å². The molecule has 7 unspecified atom stereocenters. The number of aliphatic hydroxyl groups excluding tert-OH is 4. The van der Waals surface area contributed by atoms with E-state index in [0.717, 1.165) is 19.4 Å². The van der Waals surface area contributed by atoms with Crippen LogP contribution in [0.15, 0.2) is 0 Å². The first-order chi connectivity index (χ1) is 16.7. The summed E-state index contributed by atoms with van der Waals surface area (Å²) in [4.78, 5) is 2.30. The molecule has 16 atom stereocenters. The minimum atomic E-state index is -1.85. The van der Waals surface area contributed by atoms with Crippen molar-refractivity contribution in [2.45, 2.75) is 112 Å². The summed E-state index contributed by atoms with van der Waals surface area (Å²) in [6.07, 6.45) is -1.92. The highest BCUT2D eigenvalue weighted by Gasteiger charge is 2.86. The van der Waals surface area contributed by atoms with E-state index < -0.39 is 76.1 Å². The first kappa shape index (κ1) is 24.7. The molecule has 7 rings (SSSR count). The van der Waals surface area contributed by atoms with Crippen LogP contribution in [0.3, 0.4) is 0 Å². The molecule has 204 valence electrons. The van der Waals surface area contributed by atoms with Gasteiger partial charge >= 0.3 is 0 Å². The highest BCUT2D eigenvalue weighted by molar-refractivity contribution is 5.33. The van der Waals surface area contributed by atoms with Gasteiger partial charge in [-0.3, -0.25) is 4.90 Å². The Morgan fingerprint density at radius 3 is 2.39 bits per heavy atom. The van der Waals surface area contributed by atoms with E-state index in [4.69, 9.17) is 4.74 Å². The molecule has 9 nitrogen and oxygen atoms in total. The van der Waals surface area contributed by atoms with Crippen LogP contribution in [0.25, 0.3) is 0 Å². The van der Waals surface area contributed by atoms with Gasteiger partial charge in [0.2, 0.25) is 0 Å². The summed E-state index contributed by atoms with van der Waals surface area (Å²) >= 11 is 0. The zero-order chi connectivity index (χ0) is 25.8. The zero-order valence-corrected chi connectivity index (χ0v) is 21.5. The molecule has 3 aliphatic heterocycles. The standard InChI is InChI=1S/C27H43NO8/c1-12-4-5-17-24(3,33)19-13(11-28(17)10-12)14-9-25-21(26(14,34)22(32)20(19)31)15(29)8-16-23(25,2)7-6-18(30)27(16,35)36-25/h12-22,29-35H,4-11H2,1-3H3/t12-,13?,14?,15?,16?,17-,18-,19?,20?,21?,22-,23-,24+,25+,26-,27-/m0/s1. The molecule has 3 saturated heterocycles. The minimum absolute atomic E-state index is 0.130. The van der Waals surface area contributed by atoms with Gasteiger partial charge in [-0.1, -0.05) is 13.8 Å². The third kappa shape index (κ3) is 2.46. The topological polar surface area (TPSA) is 154 Å². The number of hydrogen-bond donors (Lipinski definition) is 7. The molecule has 0 radical (unpaired) electrons. The van der Waals surface area contributed by atoms with Crippen molar-refractivity contribution in [3.63, 3.8) is 0 Å². The van der Waals surface area contributed by atoms with Crippen LogP contribution in [0.5, 0.6) is 0 Å². The van der Waals surface area contributed by atoms with Crippen molar-refractivity contribution in [3.05, 3.63) is 0 Å². The number of nitrogens with zero attached hydrogens (tertiary/aromatic N) is 1. The first-order valence-corrected chi connectivity index (χ1v) is 14.1. The monoisotopic (exact) mass is 509 g/mol. The van der Waals surface area contributed by atoms with Gasteiger partial charge < -0.3 is 40.5 Å². The summed E-state index contributed by atoms with van der Waals surface area (Å²) in [5.74, 6) is -4.29. The molecule has 0 aromatic heterocycles. The molecule has 0 aromatic carbocycles. The van der Waals surface area contributed by atoms with Crippen LogP contribution in [0, 0.1) is 40.9 Å². The van der Waals surface area contributed by atoms with Crippen molar-refractivity contribution in [1.82, 2.24) is 4.90 Å². The normalized spacial score (nSPS) is 68.0. The SMILES string of the molecule is C[C@H]1CC[C@@H]2N(CC3C4C[C@@]56O[C@@]7(O)C(CC(O)C5[C@]4(O)[C@@H](O)C(O)C3[C@]2(C)O)[C@]6(C)CC[C@@H]7O)C1. The molecule has 4 bridgehead atoms. The zero-order valence-electron chi connectivity index (χ0n) is 21.5. The van der Waals surface area contributed by atoms with Gasteiger partial charge in [-0.2, -0.15) is 0 Å². The van der Waals surface area contributed by atoms with Gasteiger partial charge in [-0.15, -0.1) is 0 Å². The molecule has 0 aromatic rings. The van der Waals surface area contributed by atoms with Gasteiger partial charge in [-0.05, 0) is 63.2 Å². The lowest BCUT2D eigenvalue weighted by Crippen LogP contribution is -2.76. The number of ether oxygens (including phenoxy) is 1. The molecule has 7 fully saturated rings. The predicted molar refractivity (Wildman–Crippen MR) is 126 cm³/mol. The van der Waals surface area contributed by atoms with Gasteiger partial charge in [0.25, 0.3) is 0 Å². The fraction of sp³-hybridized carbons (Fsp3) is 1.00. The van der Waals surface area contributed by atoms with E-state index >= 15 is 0 Å². The molecule has 4 saturated carbocycles. The second-order valence-corrected chi connectivity index (χ2v) is 14.2. The van der Waals surface area contributed by atoms with E-state index in [9.17, 15) is 35.7 Å². The smallest absolute Gasteiger partial charge is 0.196 e. The Kier molecular flexibility index (Phi) is 4.82. The molecular weight excluding hydrogens is 466 g/mol. The molecule has 1 spiro atoms. The quantitative estimate of drug-likeness (QED) is 0.222. The molecule has 3 heterocycles. The first-order valence-electron chi connectivity index (χ1n) is 14.1. The average molecular weight is 510 g/mol. The number of hydrogen-bond acceptors (Lipinski definition) is 9. The molecule has 0 amide bonds. The van der Waals surface area contributed by atoms with Gasteiger partial charge in [-0.25, -0.2) is 0 Å². The number of aliphatic hydroxyl groups is 7. The van der Waals surface area contributed by atoms with E-state index in [0.29, 0.717) is 31.7 Å². The van der Waals surface area contributed by atoms with Crippen molar-refractivity contribution in [2.75, 3.05) is 13.1 Å². The summed E-state index contributed by atoms with van der Waals surface area (Å²) < 4.78 is 6.51. The maximum Gasteiger partial charge on any atom is 0.196 e. The Labute approximate surface area is 212 Å². The lowest BCUT2D eigenvalue weighted by atomic mass is 9.49. The third-order valence-electron chi connectivity index (χ3n) is 12.8. The second kappa shape index (κ2) is 7.04. The third-order valence-corrected chi connectivity index (χ3v) is 12.8. The summed E-state index contributed by atoms with van der Waals surface area (Å²) in [7, 11) is 0. The molecular formula is C27H43NO8. The summed E-state index contributed by atoms with van der Waals surface area (Å²) in [5.41, 5.74) is -4.88. The Morgan fingerprint density at radius 2 is 1.67 bits per heavy atom. The van der Waals surface area contributed by atoms with E-state index in [2.05, 4.69) is 11.8 Å². The van der Waals surface area contributed by atoms with Crippen LogP contribution in [0.1, 0.15) is 59.3 Å². The number of piperidine rings is 2. The molecule has 7 N–H and O–H groups in total. The van der Waals surface area contributed by atoms with Crippen LogP contribution >= 0.6 is 0 Å². The maximum atomic E-state index is 12.5. The van der Waals surface area contributed by atoms with E-state index in [1.165, 1.54) is 0 Å². The fourth-order valence-corrected chi connectivity index (χ4v) is 11.4. The predicted octanol–water partition coefficient (Wildman–Crippen LogP) is -0.814. The molecule has 9 heteroatoms. The lowest BCUT2D eigenvalue weighted by Gasteiger charge is -2.63. The van der Waals surface area contributed by atoms with Crippen LogP contribution in [0.2, 0.25) is 0 Å². The van der Waals surface area contributed by atoms with Gasteiger partial charge in [0, 0.05) is 42.3 Å². The Morgan fingerprint density at radius 1 is 0.944 bits per heavy atom. The van der Waals surface area contributed by atoms with Crippen LogP contribution in [-0.4, -0.2) is 107 Å². The van der Waals surface area contributed by atoms with E-state index in [-0.39, 0.29) is 18.4 Å². The van der Waals surface area contributed by atoms with Gasteiger partial charge in [0.05, 0.1) is 23.4 Å². The van der Waals surface area contributed by atoms with Crippen molar-refractivity contribution in [3.8, 4) is 0 Å².